The van der Waals surface area contributed by atoms with Crippen molar-refractivity contribution in [2.24, 2.45) is 0 Å². The first-order valence-electron chi connectivity index (χ1n) is 8.65. The molecule has 2 aliphatic heterocycles. The van der Waals surface area contributed by atoms with Gasteiger partial charge in [-0.15, -0.1) is 10.2 Å². The lowest BCUT2D eigenvalue weighted by atomic mass is 9.95. The van der Waals surface area contributed by atoms with Crippen molar-refractivity contribution in [1.29, 1.82) is 0 Å². The number of hydrogen-bond acceptors (Lipinski definition) is 6. The number of nitrogens with zero attached hydrogens (tertiary/aromatic N) is 5. The Morgan fingerprint density at radius 3 is 3.00 bits per heavy atom. The van der Waals surface area contributed by atoms with Crippen LogP contribution in [0.5, 0.6) is 0 Å². The second-order valence-corrected chi connectivity index (χ2v) is 7.09. The molecular formula is C16H20N6O2. The molecule has 0 aromatic carbocycles. The molecule has 0 bridgehead atoms. The Hall–Kier alpha value is -2.38. The number of fused-ring (bicyclic) bond motifs is 1. The molecule has 2 aromatic rings. The molecule has 3 fully saturated rings. The van der Waals surface area contributed by atoms with E-state index < -0.39 is 0 Å². The first-order chi connectivity index (χ1) is 11.7. The zero-order valence-electron chi connectivity index (χ0n) is 13.4. The average Bonchev–Trinajstić information content (AvgIpc) is 3.26. The summed E-state index contributed by atoms with van der Waals surface area (Å²) in [7, 11) is 0. The van der Waals surface area contributed by atoms with E-state index in [1.54, 1.807) is 10.8 Å². The molecule has 24 heavy (non-hydrogen) atoms. The molecule has 2 saturated heterocycles. The number of carbonyl (C=O) groups is 1. The van der Waals surface area contributed by atoms with Crippen molar-refractivity contribution in [1.82, 2.24) is 25.1 Å². The van der Waals surface area contributed by atoms with Crippen LogP contribution >= 0.6 is 0 Å². The summed E-state index contributed by atoms with van der Waals surface area (Å²) in [6.07, 6.45) is 6.51. The van der Waals surface area contributed by atoms with Crippen LogP contribution in [0.3, 0.4) is 0 Å². The molecule has 5 rings (SSSR count). The van der Waals surface area contributed by atoms with E-state index in [9.17, 15) is 4.79 Å². The minimum atomic E-state index is -0.345. The van der Waals surface area contributed by atoms with Crippen LogP contribution in [-0.4, -0.2) is 51.1 Å². The standard InChI is InChI=1S/C16H20N6O2/c23-15-17-9-16(24-15)4-1-6-21(7-5-16)13-8-12(11-2-3-11)20-22-10-18-19-14(13)22/h8,10-11H,1-7,9H2,(H,17,23). The molecule has 1 amide bonds. The van der Waals surface area contributed by atoms with Crippen molar-refractivity contribution >= 4 is 17.4 Å². The van der Waals surface area contributed by atoms with Crippen molar-refractivity contribution in [3.63, 3.8) is 0 Å². The Morgan fingerprint density at radius 1 is 1.29 bits per heavy atom. The van der Waals surface area contributed by atoms with Gasteiger partial charge in [-0.1, -0.05) is 0 Å². The first kappa shape index (κ1) is 14.0. The summed E-state index contributed by atoms with van der Waals surface area (Å²) in [4.78, 5) is 13.8. The maximum Gasteiger partial charge on any atom is 0.407 e. The molecule has 0 radical (unpaired) electrons. The van der Waals surface area contributed by atoms with E-state index in [0.29, 0.717) is 12.5 Å². The zero-order chi connectivity index (χ0) is 16.1. The SMILES string of the molecule is O=C1NCC2(CCCN(c3cc(C4CC4)nn4cnnc34)CC2)O1. The van der Waals surface area contributed by atoms with E-state index in [-0.39, 0.29) is 11.7 Å². The number of anilines is 1. The minimum absolute atomic E-state index is 0.289. The lowest BCUT2D eigenvalue weighted by Crippen LogP contribution is -2.35. The molecule has 3 aliphatic rings. The lowest BCUT2D eigenvalue weighted by molar-refractivity contribution is 0.0473. The molecule has 1 N–H and O–H groups in total. The summed E-state index contributed by atoms with van der Waals surface area (Å²) in [6.45, 7) is 2.38. The Labute approximate surface area is 139 Å². The third-order valence-corrected chi connectivity index (χ3v) is 5.37. The highest BCUT2D eigenvalue weighted by Crippen LogP contribution is 2.41. The van der Waals surface area contributed by atoms with Crippen LogP contribution in [0.1, 0.15) is 43.7 Å². The van der Waals surface area contributed by atoms with Gasteiger partial charge in [0, 0.05) is 25.4 Å². The summed E-state index contributed by atoms with van der Waals surface area (Å²) in [5.41, 5.74) is 2.68. The number of hydrogen-bond donors (Lipinski definition) is 1. The molecule has 4 heterocycles. The lowest BCUT2D eigenvalue weighted by Gasteiger charge is -2.26. The molecular weight excluding hydrogens is 308 g/mol. The van der Waals surface area contributed by atoms with E-state index >= 15 is 0 Å². The normalized spacial score (nSPS) is 27.3. The topological polar surface area (TPSA) is 84.7 Å². The maximum absolute atomic E-state index is 11.5. The molecule has 126 valence electrons. The van der Waals surface area contributed by atoms with Gasteiger partial charge >= 0.3 is 6.09 Å². The molecule has 1 atom stereocenters. The Kier molecular flexibility index (Phi) is 2.95. The van der Waals surface area contributed by atoms with E-state index in [1.165, 1.54) is 12.8 Å². The van der Waals surface area contributed by atoms with E-state index in [4.69, 9.17) is 4.74 Å². The Morgan fingerprint density at radius 2 is 2.21 bits per heavy atom. The molecule has 8 nitrogen and oxygen atoms in total. The number of aromatic nitrogens is 4. The van der Waals surface area contributed by atoms with Gasteiger partial charge in [0.25, 0.3) is 0 Å². The van der Waals surface area contributed by atoms with Gasteiger partial charge in [-0.25, -0.2) is 4.79 Å². The predicted molar refractivity (Wildman–Crippen MR) is 86.0 cm³/mol. The van der Waals surface area contributed by atoms with Gasteiger partial charge in [0.2, 0.25) is 5.65 Å². The number of carbonyl (C=O) groups excluding carboxylic acids is 1. The van der Waals surface area contributed by atoms with Crippen molar-refractivity contribution < 1.29 is 9.53 Å². The van der Waals surface area contributed by atoms with Crippen LogP contribution < -0.4 is 10.2 Å². The van der Waals surface area contributed by atoms with Crippen LogP contribution in [0.15, 0.2) is 12.4 Å². The van der Waals surface area contributed by atoms with Gasteiger partial charge in [-0.3, -0.25) is 0 Å². The number of ether oxygens (including phenoxy) is 1. The van der Waals surface area contributed by atoms with Gasteiger partial charge in [0.05, 0.1) is 17.9 Å². The van der Waals surface area contributed by atoms with Gasteiger partial charge in [0.15, 0.2) is 0 Å². The monoisotopic (exact) mass is 328 g/mol. The van der Waals surface area contributed by atoms with Crippen LogP contribution in [0.4, 0.5) is 10.5 Å². The largest absolute Gasteiger partial charge is 0.441 e. The summed E-state index contributed by atoms with van der Waals surface area (Å²) >= 11 is 0. The van der Waals surface area contributed by atoms with Crippen molar-refractivity contribution in [3.8, 4) is 0 Å². The fourth-order valence-electron chi connectivity index (χ4n) is 3.83. The molecule has 1 unspecified atom stereocenters. The van der Waals surface area contributed by atoms with Gasteiger partial charge in [-0.2, -0.15) is 9.61 Å². The molecule has 1 spiro atoms. The predicted octanol–water partition coefficient (Wildman–Crippen LogP) is 1.47. The van der Waals surface area contributed by atoms with Crippen molar-refractivity contribution in [2.45, 2.75) is 43.6 Å². The van der Waals surface area contributed by atoms with E-state index in [2.05, 4.69) is 31.6 Å². The summed E-state index contributed by atoms with van der Waals surface area (Å²) in [5.74, 6) is 0.578. The average molecular weight is 328 g/mol. The number of nitrogens with one attached hydrogen (secondary N) is 1. The highest BCUT2D eigenvalue weighted by molar-refractivity contribution is 5.71. The number of alkyl carbamates (subject to hydrolysis) is 1. The van der Waals surface area contributed by atoms with Gasteiger partial charge in [-0.05, 0) is 31.7 Å². The van der Waals surface area contributed by atoms with Crippen LogP contribution in [0.2, 0.25) is 0 Å². The highest BCUT2D eigenvalue weighted by atomic mass is 16.6. The second kappa shape index (κ2) is 5.06. The number of rotatable bonds is 2. The third kappa shape index (κ3) is 2.28. The number of amides is 1. The Balaban J connectivity index is 1.46. The van der Waals surface area contributed by atoms with Gasteiger partial charge < -0.3 is 15.0 Å². The first-order valence-corrected chi connectivity index (χ1v) is 8.65. The fraction of sp³-hybridized carbons (Fsp3) is 0.625. The molecule has 1 aliphatic carbocycles. The fourth-order valence-corrected chi connectivity index (χ4v) is 3.83. The Bertz CT molecular complexity index is 801. The van der Waals surface area contributed by atoms with Crippen LogP contribution in [-0.2, 0) is 4.74 Å². The second-order valence-electron chi connectivity index (χ2n) is 7.09. The molecule has 2 aromatic heterocycles. The third-order valence-electron chi connectivity index (χ3n) is 5.37. The van der Waals surface area contributed by atoms with E-state index in [0.717, 1.165) is 49.4 Å². The smallest absolute Gasteiger partial charge is 0.407 e. The summed E-state index contributed by atoms with van der Waals surface area (Å²) in [5, 5.41) is 15.7. The van der Waals surface area contributed by atoms with Crippen molar-refractivity contribution in [2.75, 3.05) is 24.5 Å². The summed E-state index contributed by atoms with van der Waals surface area (Å²) in [6, 6.07) is 2.18. The van der Waals surface area contributed by atoms with E-state index in [1.807, 2.05) is 0 Å². The summed E-state index contributed by atoms with van der Waals surface area (Å²) < 4.78 is 7.37. The van der Waals surface area contributed by atoms with Crippen LogP contribution in [0, 0.1) is 0 Å². The molecule has 8 heteroatoms. The minimum Gasteiger partial charge on any atom is -0.441 e. The highest BCUT2D eigenvalue weighted by Gasteiger charge is 2.41. The van der Waals surface area contributed by atoms with Gasteiger partial charge in [0.1, 0.15) is 11.9 Å². The maximum atomic E-state index is 11.5. The molecule has 1 saturated carbocycles. The van der Waals surface area contributed by atoms with Crippen LogP contribution in [0.25, 0.3) is 5.65 Å². The quantitative estimate of drug-likeness (QED) is 0.899. The zero-order valence-corrected chi connectivity index (χ0v) is 13.4. The van der Waals surface area contributed by atoms with Crippen molar-refractivity contribution in [3.05, 3.63) is 18.1 Å².